The van der Waals surface area contributed by atoms with Crippen LogP contribution in [-0.4, -0.2) is 0 Å². The van der Waals surface area contributed by atoms with E-state index >= 15 is 0 Å². The molecule has 0 amide bonds. The third-order valence-corrected chi connectivity index (χ3v) is 3.97. The lowest BCUT2D eigenvalue weighted by Gasteiger charge is -2.07. The first kappa shape index (κ1) is 12.8. The highest BCUT2D eigenvalue weighted by Gasteiger charge is 2.02. The molecule has 22 heavy (non-hydrogen) atoms. The van der Waals surface area contributed by atoms with E-state index in [0.717, 1.165) is 5.56 Å². The maximum absolute atomic E-state index is 3.29. The van der Waals surface area contributed by atoms with E-state index in [1.807, 2.05) is 18.2 Å². The number of hydrogen-bond donors (Lipinski definition) is 0. The highest BCUT2D eigenvalue weighted by Crippen LogP contribution is 2.28. The minimum absolute atomic E-state index is 1.14. The largest absolute Gasteiger partial charge is 0.0622 e. The molecule has 0 aliphatic carbocycles. The first-order chi connectivity index (χ1) is 10.9. The van der Waals surface area contributed by atoms with Crippen LogP contribution in [0.3, 0.4) is 0 Å². The third kappa shape index (κ3) is 2.40. The summed E-state index contributed by atoms with van der Waals surface area (Å²) in [4.78, 5) is 0. The molecule has 0 fully saturated rings. The molecule has 0 N–H and O–H groups in total. The number of fused-ring (bicyclic) bond motifs is 1. The molecule has 0 saturated carbocycles. The summed E-state index contributed by atoms with van der Waals surface area (Å²) in [5.74, 6) is 0. The molecular formula is C22H15. The van der Waals surface area contributed by atoms with Gasteiger partial charge in [-0.3, -0.25) is 0 Å². The Labute approximate surface area is 130 Å². The lowest BCUT2D eigenvalue weighted by atomic mass is 9.98. The molecule has 103 valence electrons. The van der Waals surface area contributed by atoms with Gasteiger partial charge in [-0.25, -0.2) is 0 Å². The molecule has 4 aromatic carbocycles. The average molecular weight is 279 g/mol. The Hall–Kier alpha value is -2.86. The molecular weight excluding hydrogens is 264 g/mol. The second-order valence-electron chi connectivity index (χ2n) is 5.42. The lowest BCUT2D eigenvalue weighted by Crippen LogP contribution is -1.81. The van der Waals surface area contributed by atoms with Crippen molar-refractivity contribution >= 4 is 10.8 Å². The van der Waals surface area contributed by atoms with Crippen LogP contribution in [0.1, 0.15) is 0 Å². The van der Waals surface area contributed by atoms with Crippen molar-refractivity contribution in [1.29, 1.82) is 0 Å². The highest BCUT2D eigenvalue weighted by atomic mass is 14.1. The summed E-state index contributed by atoms with van der Waals surface area (Å²) in [6, 6.07) is 35.1. The summed E-state index contributed by atoms with van der Waals surface area (Å²) in [5.41, 5.74) is 4.86. The van der Waals surface area contributed by atoms with Crippen LogP contribution in [0.15, 0.2) is 91.0 Å². The molecule has 0 spiro atoms. The second-order valence-corrected chi connectivity index (χ2v) is 5.42. The van der Waals surface area contributed by atoms with Crippen molar-refractivity contribution < 1.29 is 0 Å². The van der Waals surface area contributed by atoms with E-state index in [-0.39, 0.29) is 0 Å². The van der Waals surface area contributed by atoms with Gasteiger partial charge in [0, 0.05) is 0 Å². The highest BCUT2D eigenvalue weighted by molar-refractivity contribution is 5.90. The third-order valence-electron chi connectivity index (χ3n) is 3.97. The van der Waals surface area contributed by atoms with Gasteiger partial charge in [0.2, 0.25) is 0 Å². The molecule has 0 atom stereocenters. The first-order valence-corrected chi connectivity index (χ1v) is 7.46. The fourth-order valence-corrected chi connectivity index (χ4v) is 2.80. The van der Waals surface area contributed by atoms with Gasteiger partial charge in [0.15, 0.2) is 0 Å². The van der Waals surface area contributed by atoms with Gasteiger partial charge in [0.1, 0.15) is 0 Å². The zero-order chi connectivity index (χ0) is 14.8. The van der Waals surface area contributed by atoms with Crippen molar-refractivity contribution in [2.24, 2.45) is 0 Å². The van der Waals surface area contributed by atoms with Crippen LogP contribution in [0.2, 0.25) is 0 Å². The zero-order valence-electron chi connectivity index (χ0n) is 12.2. The predicted molar refractivity (Wildman–Crippen MR) is 93.7 cm³/mol. The molecule has 0 unspecified atom stereocenters. The fraction of sp³-hybridized carbons (Fsp3) is 0. The predicted octanol–water partition coefficient (Wildman–Crippen LogP) is 5.97. The van der Waals surface area contributed by atoms with Gasteiger partial charge in [-0.05, 0) is 51.2 Å². The van der Waals surface area contributed by atoms with Crippen molar-refractivity contribution in [3.8, 4) is 22.3 Å². The standard InChI is InChI=1S/C22H15/c1-3-7-17(8-4-1)19-11-13-22-16-20(12-14-21(22)15-19)18-9-5-2-6-10-18/h1-9,11-16H. The molecule has 0 aliphatic rings. The van der Waals surface area contributed by atoms with Gasteiger partial charge in [0.05, 0.1) is 0 Å². The molecule has 0 nitrogen and oxygen atoms in total. The van der Waals surface area contributed by atoms with Gasteiger partial charge in [0.25, 0.3) is 0 Å². The summed E-state index contributed by atoms with van der Waals surface area (Å²) < 4.78 is 0. The van der Waals surface area contributed by atoms with Gasteiger partial charge in [-0.15, -0.1) is 0 Å². The van der Waals surface area contributed by atoms with Crippen LogP contribution < -0.4 is 0 Å². The van der Waals surface area contributed by atoms with Gasteiger partial charge in [-0.1, -0.05) is 78.9 Å². The SMILES string of the molecule is [c]1ccccc1-c1ccc2cc(-c3ccccc3)ccc2c1. The Balaban J connectivity index is 1.80. The van der Waals surface area contributed by atoms with E-state index in [1.54, 1.807) is 0 Å². The summed E-state index contributed by atoms with van der Waals surface area (Å²) in [5, 5.41) is 2.52. The monoisotopic (exact) mass is 279 g/mol. The molecule has 0 heteroatoms. The van der Waals surface area contributed by atoms with E-state index in [1.165, 1.54) is 27.5 Å². The number of rotatable bonds is 2. The topological polar surface area (TPSA) is 0 Å². The number of benzene rings is 4. The second kappa shape index (κ2) is 5.50. The van der Waals surface area contributed by atoms with Crippen LogP contribution in [-0.2, 0) is 0 Å². The van der Waals surface area contributed by atoms with Gasteiger partial charge >= 0.3 is 0 Å². The Morgan fingerprint density at radius 1 is 0.500 bits per heavy atom. The van der Waals surface area contributed by atoms with E-state index in [2.05, 4.69) is 78.9 Å². The maximum Gasteiger partial charge on any atom is -0.00992 e. The average Bonchev–Trinajstić information content (AvgIpc) is 2.62. The Bertz CT molecular complexity index is 827. The van der Waals surface area contributed by atoms with Crippen molar-refractivity contribution in [2.45, 2.75) is 0 Å². The van der Waals surface area contributed by atoms with E-state index in [9.17, 15) is 0 Å². The molecule has 0 heterocycles. The van der Waals surface area contributed by atoms with E-state index in [4.69, 9.17) is 0 Å². The van der Waals surface area contributed by atoms with E-state index < -0.39 is 0 Å². The molecule has 0 aliphatic heterocycles. The maximum atomic E-state index is 3.29. The number of hydrogen-bond acceptors (Lipinski definition) is 0. The first-order valence-electron chi connectivity index (χ1n) is 7.46. The minimum Gasteiger partial charge on any atom is -0.0622 e. The quantitative estimate of drug-likeness (QED) is 0.424. The molecule has 0 saturated heterocycles. The van der Waals surface area contributed by atoms with Crippen LogP contribution >= 0.6 is 0 Å². The van der Waals surface area contributed by atoms with Crippen molar-refractivity contribution in [3.05, 3.63) is 97.1 Å². The summed E-state index contributed by atoms with van der Waals surface area (Å²) in [6.45, 7) is 0. The summed E-state index contributed by atoms with van der Waals surface area (Å²) in [7, 11) is 0. The van der Waals surface area contributed by atoms with E-state index in [0.29, 0.717) is 0 Å². The van der Waals surface area contributed by atoms with Crippen LogP contribution in [0, 0.1) is 6.07 Å². The Morgan fingerprint density at radius 3 is 1.91 bits per heavy atom. The van der Waals surface area contributed by atoms with Gasteiger partial charge < -0.3 is 0 Å². The Morgan fingerprint density at radius 2 is 1.18 bits per heavy atom. The zero-order valence-corrected chi connectivity index (χ0v) is 12.2. The van der Waals surface area contributed by atoms with Gasteiger partial charge in [-0.2, -0.15) is 0 Å². The van der Waals surface area contributed by atoms with Crippen LogP contribution in [0.4, 0.5) is 0 Å². The van der Waals surface area contributed by atoms with Crippen LogP contribution in [0.25, 0.3) is 33.0 Å². The smallest absolute Gasteiger partial charge is 0.00992 e. The van der Waals surface area contributed by atoms with Crippen molar-refractivity contribution in [2.75, 3.05) is 0 Å². The lowest BCUT2D eigenvalue weighted by molar-refractivity contribution is 1.62. The molecule has 0 bridgehead atoms. The molecule has 1 radical (unpaired) electrons. The Kier molecular flexibility index (Phi) is 3.21. The van der Waals surface area contributed by atoms with Crippen molar-refractivity contribution in [1.82, 2.24) is 0 Å². The van der Waals surface area contributed by atoms with Crippen molar-refractivity contribution in [3.63, 3.8) is 0 Å². The normalized spacial score (nSPS) is 10.7. The molecule has 0 aromatic heterocycles. The molecule has 4 rings (SSSR count). The molecule has 4 aromatic rings. The summed E-state index contributed by atoms with van der Waals surface area (Å²) in [6.07, 6.45) is 0. The fourth-order valence-electron chi connectivity index (χ4n) is 2.80. The summed E-state index contributed by atoms with van der Waals surface area (Å²) >= 11 is 0. The minimum atomic E-state index is 1.14. The van der Waals surface area contributed by atoms with Crippen LogP contribution in [0.5, 0.6) is 0 Å².